The van der Waals surface area contributed by atoms with Crippen LogP contribution in [0.5, 0.6) is 0 Å². The number of nitrogens with zero attached hydrogens (tertiary/aromatic N) is 4. The second-order valence-electron chi connectivity index (χ2n) is 7.61. The Labute approximate surface area is 174 Å². The summed E-state index contributed by atoms with van der Waals surface area (Å²) in [5, 5.41) is 4.05. The first-order valence-corrected chi connectivity index (χ1v) is 10.1. The van der Waals surface area contributed by atoms with Crippen molar-refractivity contribution >= 4 is 5.91 Å². The second kappa shape index (κ2) is 9.13. The van der Waals surface area contributed by atoms with Gasteiger partial charge in [0.25, 0.3) is 0 Å². The minimum absolute atomic E-state index is 0.00105. The molecule has 0 spiro atoms. The number of amides is 1. The van der Waals surface area contributed by atoms with E-state index in [1.807, 2.05) is 17.0 Å². The summed E-state index contributed by atoms with van der Waals surface area (Å²) in [6.07, 6.45) is 5.44. The average molecular weight is 409 g/mol. The van der Waals surface area contributed by atoms with Crippen LogP contribution in [0.2, 0.25) is 0 Å². The summed E-state index contributed by atoms with van der Waals surface area (Å²) in [7, 11) is 0. The smallest absolute Gasteiger partial charge is 0.230 e. The minimum Gasteiger partial charge on any atom is -0.343 e. The standard InChI is InChI=1S/C22H24FN5O2/c23-19-6-2-1-4-16(19)12-18(24)13-20(29)28-10-7-15(8-11-28)22-26-21(27-30-22)17-5-3-9-25-14-17/h1-6,9,14-15,18H,7-8,10-13,24H2/t18-/m1/s1. The molecular formula is C22H24FN5O2. The predicted molar refractivity (Wildman–Crippen MR) is 109 cm³/mol. The number of halogens is 1. The van der Waals surface area contributed by atoms with Crippen LogP contribution in [0.15, 0.2) is 53.3 Å². The third-order valence-electron chi connectivity index (χ3n) is 5.44. The van der Waals surface area contributed by atoms with Crippen molar-refractivity contribution in [2.45, 2.75) is 37.6 Å². The molecule has 2 aromatic heterocycles. The molecule has 1 atom stereocenters. The summed E-state index contributed by atoms with van der Waals surface area (Å²) in [6.45, 7) is 1.22. The van der Waals surface area contributed by atoms with Gasteiger partial charge in [-0.1, -0.05) is 23.4 Å². The Kier molecular flexibility index (Phi) is 6.13. The van der Waals surface area contributed by atoms with E-state index in [0.717, 1.165) is 18.4 Å². The van der Waals surface area contributed by atoms with Gasteiger partial charge in [-0.2, -0.15) is 4.98 Å². The average Bonchev–Trinajstić information content (AvgIpc) is 3.26. The highest BCUT2D eigenvalue weighted by Crippen LogP contribution is 2.28. The first-order valence-electron chi connectivity index (χ1n) is 10.1. The molecule has 3 aromatic rings. The summed E-state index contributed by atoms with van der Waals surface area (Å²) >= 11 is 0. The van der Waals surface area contributed by atoms with Gasteiger partial charge in [0.05, 0.1) is 0 Å². The number of likely N-dealkylation sites (tertiary alicyclic amines) is 1. The molecule has 4 rings (SSSR count). The lowest BCUT2D eigenvalue weighted by Crippen LogP contribution is -2.41. The SMILES string of the molecule is N[C@@H](CC(=O)N1CCC(c2nc(-c3cccnc3)no2)CC1)Cc1ccccc1F. The van der Waals surface area contributed by atoms with Gasteiger partial charge in [-0.15, -0.1) is 0 Å². The molecular weight excluding hydrogens is 385 g/mol. The third kappa shape index (κ3) is 4.71. The predicted octanol–water partition coefficient (Wildman–Crippen LogP) is 2.94. The van der Waals surface area contributed by atoms with Gasteiger partial charge in [-0.05, 0) is 43.0 Å². The molecule has 0 bridgehead atoms. The van der Waals surface area contributed by atoms with E-state index in [-0.39, 0.29) is 24.1 Å². The van der Waals surface area contributed by atoms with Gasteiger partial charge in [-0.3, -0.25) is 9.78 Å². The van der Waals surface area contributed by atoms with Crippen molar-refractivity contribution in [2.24, 2.45) is 5.73 Å². The van der Waals surface area contributed by atoms with E-state index >= 15 is 0 Å². The van der Waals surface area contributed by atoms with Gasteiger partial charge in [-0.25, -0.2) is 4.39 Å². The first-order chi connectivity index (χ1) is 14.6. The van der Waals surface area contributed by atoms with Crippen molar-refractivity contribution in [2.75, 3.05) is 13.1 Å². The highest BCUT2D eigenvalue weighted by molar-refractivity contribution is 5.77. The van der Waals surface area contributed by atoms with E-state index in [4.69, 9.17) is 10.3 Å². The van der Waals surface area contributed by atoms with E-state index in [0.29, 0.717) is 36.8 Å². The highest BCUT2D eigenvalue weighted by Gasteiger charge is 2.28. The largest absolute Gasteiger partial charge is 0.343 e. The Hall–Kier alpha value is -3.13. The number of pyridine rings is 1. The monoisotopic (exact) mass is 409 g/mol. The van der Waals surface area contributed by atoms with Crippen molar-refractivity contribution in [3.05, 3.63) is 66.1 Å². The molecule has 156 valence electrons. The number of carbonyl (C=O) groups is 1. The van der Waals surface area contributed by atoms with Crippen LogP contribution in [-0.2, 0) is 11.2 Å². The summed E-state index contributed by atoms with van der Waals surface area (Å²) < 4.78 is 19.2. The Morgan fingerprint density at radius 2 is 2.03 bits per heavy atom. The van der Waals surface area contributed by atoms with Gasteiger partial charge < -0.3 is 15.2 Å². The van der Waals surface area contributed by atoms with Crippen molar-refractivity contribution < 1.29 is 13.7 Å². The lowest BCUT2D eigenvalue weighted by molar-refractivity contribution is -0.132. The summed E-state index contributed by atoms with van der Waals surface area (Å²) in [6, 6.07) is 9.82. The molecule has 1 aromatic carbocycles. The molecule has 1 aliphatic heterocycles. The molecule has 2 N–H and O–H groups in total. The molecule has 1 saturated heterocycles. The van der Waals surface area contributed by atoms with Crippen LogP contribution in [0.1, 0.15) is 36.6 Å². The van der Waals surface area contributed by atoms with Crippen LogP contribution in [0.3, 0.4) is 0 Å². The minimum atomic E-state index is -0.412. The lowest BCUT2D eigenvalue weighted by Gasteiger charge is -2.31. The number of benzene rings is 1. The zero-order chi connectivity index (χ0) is 20.9. The maximum absolute atomic E-state index is 13.8. The fraction of sp³-hybridized carbons (Fsp3) is 0.364. The zero-order valence-corrected chi connectivity index (χ0v) is 16.6. The fourth-order valence-corrected chi connectivity index (χ4v) is 3.76. The molecule has 0 unspecified atom stereocenters. The van der Waals surface area contributed by atoms with E-state index in [1.165, 1.54) is 6.07 Å². The van der Waals surface area contributed by atoms with Crippen LogP contribution in [-0.4, -0.2) is 45.1 Å². The van der Waals surface area contributed by atoms with Crippen LogP contribution in [0.25, 0.3) is 11.4 Å². The number of aromatic nitrogens is 3. The molecule has 0 saturated carbocycles. The van der Waals surface area contributed by atoms with Crippen LogP contribution >= 0.6 is 0 Å². The highest BCUT2D eigenvalue weighted by atomic mass is 19.1. The number of hydrogen-bond acceptors (Lipinski definition) is 6. The van der Waals surface area contributed by atoms with Gasteiger partial charge in [0, 0.05) is 49.4 Å². The number of carbonyl (C=O) groups excluding carboxylic acids is 1. The van der Waals surface area contributed by atoms with Gasteiger partial charge in [0.2, 0.25) is 17.6 Å². The maximum Gasteiger partial charge on any atom is 0.230 e. The summed E-state index contributed by atoms with van der Waals surface area (Å²) in [4.78, 5) is 23.0. The van der Waals surface area contributed by atoms with Gasteiger partial charge in [0.15, 0.2) is 0 Å². The molecule has 0 aliphatic carbocycles. The topological polar surface area (TPSA) is 98.1 Å². The number of hydrogen-bond donors (Lipinski definition) is 1. The normalized spacial score (nSPS) is 15.9. The first kappa shape index (κ1) is 20.2. The van der Waals surface area contributed by atoms with Gasteiger partial charge >= 0.3 is 0 Å². The van der Waals surface area contributed by atoms with Crippen molar-refractivity contribution in [3.8, 4) is 11.4 Å². The molecule has 3 heterocycles. The van der Waals surface area contributed by atoms with Crippen LogP contribution in [0.4, 0.5) is 4.39 Å². The zero-order valence-electron chi connectivity index (χ0n) is 16.6. The van der Waals surface area contributed by atoms with Crippen LogP contribution in [0, 0.1) is 5.82 Å². The van der Waals surface area contributed by atoms with E-state index in [9.17, 15) is 9.18 Å². The van der Waals surface area contributed by atoms with E-state index < -0.39 is 6.04 Å². The molecule has 30 heavy (non-hydrogen) atoms. The van der Waals surface area contributed by atoms with E-state index in [2.05, 4.69) is 15.1 Å². The molecule has 1 aliphatic rings. The Morgan fingerprint density at radius 1 is 1.23 bits per heavy atom. The number of nitrogens with two attached hydrogens (primary N) is 1. The number of rotatable bonds is 6. The maximum atomic E-state index is 13.8. The molecule has 1 fully saturated rings. The van der Waals surface area contributed by atoms with Gasteiger partial charge in [0.1, 0.15) is 5.82 Å². The Morgan fingerprint density at radius 3 is 2.77 bits per heavy atom. The fourth-order valence-electron chi connectivity index (χ4n) is 3.76. The number of piperidine rings is 1. The van der Waals surface area contributed by atoms with Crippen LogP contribution < -0.4 is 5.73 Å². The van der Waals surface area contributed by atoms with Crippen molar-refractivity contribution in [3.63, 3.8) is 0 Å². The summed E-state index contributed by atoms with van der Waals surface area (Å²) in [5.74, 6) is 0.956. The molecule has 8 heteroatoms. The van der Waals surface area contributed by atoms with Crippen molar-refractivity contribution in [1.82, 2.24) is 20.0 Å². The van der Waals surface area contributed by atoms with E-state index in [1.54, 1.807) is 30.6 Å². The third-order valence-corrected chi connectivity index (χ3v) is 5.44. The second-order valence-corrected chi connectivity index (χ2v) is 7.61. The molecule has 1 amide bonds. The van der Waals surface area contributed by atoms with Crippen molar-refractivity contribution in [1.29, 1.82) is 0 Å². The quantitative estimate of drug-likeness (QED) is 0.672. The Bertz CT molecular complexity index is 986. The molecule has 7 nitrogen and oxygen atoms in total. The Balaban J connectivity index is 1.28. The summed E-state index contributed by atoms with van der Waals surface area (Å²) in [5.41, 5.74) is 7.45. The lowest BCUT2D eigenvalue weighted by atomic mass is 9.96. The molecule has 0 radical (unpaired) electrons.